The first-order chi connectivity index (χ1) is 11.1. The Kier molecular flexibility index (Phi) is 3.08. The monoisotopic (exact) mass is 312 g/mol. The minimum atomic E-state index is -0.532. The normalized spacial score (nSPS) is 13.6. The predicted molar refractivity (Wildman–Crippen MR) is 83.4 cm³/mol. The Morgan fingerprint density at radius 2 is 2.00 bits per heavy atom. The molecule has 4 nitrogen and oxygen atoms in total. The number of benzene rings is 2. The second kappa shape index (κ2) is 5.12. The lowest BCUT2D eigenvalue weighted by atomic mass is 9.94. The molecule has 0 saturated carbocycles. The summed E-state index contributed by atoms with van der Waals surface area (Å²) in [7, 11) is 0. The number of hydrogen-bond donors (Lipinski definition) is 1. The molecular weight excluding hydrogens is 299 g/mol. The average molecular weight is 312 g/mol. The van der Waals surface area contributed by atoms with Crippen LogP contribution >= 0.6 is 0 Å². The van der Waals surface area contributed by atoms with Gasteiger partial charge in [0.1, 0.15) is 22.9 Å². The first-order valence-electron chi connectivity index (χ1n) is 7.35. The van der Waals surface area contributed by atoms with Crippen molar-refractivity contribution in [2.75, 3.05) is 6.61 Å². The van der Waals surface area contributed by atoms with Gasteiger partial charge in [0.25, 0.3) is 0 Å². The van der Waals surface area contributed by atoms with E-state index in [1.807, 2.05) is 0 Å². The fourth-order valence-corrected chi connectivity index (χ4v) is 3.04. The van der Waals surface area contributed by atoms with Crippen molar-refractivity contribution < 1.29 is 18.7 Å². The molecule has 23 heavy (non-hydrogen) atoms. The zero-order valence-electron chi connectivity index (χ0n) is 12.1. The Bertz CT molecular complexity index is 975. The Balaban J connectivity index is 2.11. The maximum Gasteiger partial charge on any atom is 0.344 e. The van der Waals surface area contributed by atoms with Crippen LogP contribution in [0, 0.1) is 5.82 Å². The van der Waals surface area contributed by atoms with E-state index in [0.29, 0.717) is 36.3 Å². The Morgan fingerprint density at radius 1 is 1.13 bits per heavy atom. The average Bonchev–Trinajstić information content (AvgIpc) is 2.49. The van der Waals surface area contributed by atoms with E-state index in [4.69, 9.17) is 9.15 Å². The van der Waals surface area contributed by atoms with E-state index in [0.717, 1.165) is 10.9 Å². The van der Waals surface area contributed by atoms with Crippen molar-refractivity contribution in [1.82, 2.24) is 0 Å². The molecular formula is C18H13FO4. The first-order valence-corrected chi connectivity index (χ1v) is 7.35. The maximum absolute atomic E-state index is 13.4. The second-order valence-electron chi connectivity index (χ2n) is 5.52. The van der Waals surface area contributed by atoms with Crippen LogP contribution in [-0.4, -0.2) is 11.7 Å². The zero-order chi connectivity index (χ0) is 16.0. The van der Waals surface area contributed by atoms with E-state index in [1.165, 1.54) is 24.3 Å². The minimum absolute atomic E-state index is 0.0677. The summed E-state index contributed by atoms with van der Waals surface area (Å²) in [6.07, 6.45) is 1.33. The summed E-state index contributed by atoms with van der Waals surface area (Å²) < 4.78 is 24.4. The fourth-order valence-electron chi connectivity index (χ4n) is 3.04. The van der Waals surface area contributed by atoms with Gasteiger partial charge in [0.05, 0.1) is 12.2 Å². The number of phenols is 1. The number of aryl methyl sites for hydroxylation is 1. The van der Waals surface area contributed by atoms with E-state index < -0.39 is 11.4 Å². The molecule has 0 atom stereocenters. The molecule has 0 fully saturated rings. The van der Waals surface area contributed by atoms with E-state index in [9.17, 15) is 14.3 Å². The van der Waals surface area contributed by atoms with Crippen molar-refractivity contribution in [1.29, 1.82) is 0 Å². The van der Waals surface area contributed by atoms with Crippen molar-refractivity contribution in [3.8, 4) is 22.6 Å². The largest absolute Gasteiger partial charge is 0.508 e. The highest BCUT2D eigenvalue weighted by Crippen LogP contribution is 2.37. The van der Waals surface area contributed by atoms with Gasteiger partial charge in [-0.3, -0.25) is 0 Å². The van der Waals surface area contributed by atoms with Gasteiger partial charge in [0, 0.05) is 23.1 Å². The summed E-state index contributed by atoms with van der Waals surface area (Å²) in [5, 5.41) is 10.4. The highest BCUT2D eigenvalue weighted by atomic mass is 19.1. The Morgan fingerprint density at radius 3 is 2.87 bits per heavy atom. The van der Waals surface area contributed by atoms with Crippen LogP contribution < -0.4 is 10.4 Å². The SMILES string of the molecule is O=c1oc2cc(F)ccc2c2c1-c1ccc(O)cc1OCCC2. The van der Waals surface area contributed by atoms with Gasteiger partial charge in [-0.2, -0.15) is 0 Å². The maximum atomic E-state index is 13.4. The number of aromatic hydroxyl groups is 1. The van der Waals surface area contributed by atoms with Crippen molar-refractivity contribution in [2.45, 2.75) is 12.8 Å². The van der Waals surface area contributed by atoms with Crippen molar-refractivity contribution in [3.05, 3.63) is 58.2 Å². The van der Waals surface area contributed by atoms with Crippen LogP contribution in [0.5, 0.6) is 11.5 Å². The number of ether oxygens (including phenoxy) is 1. The highest BCUT2D eigenvalue weighted by Gasteiger charge is 2.22. The summed E-state index contributed by atoms with van der Waals surface area (Å²) in [5.74, 6) is 0.0675. The highest BCUT2D eigenvalue weighted by molar-refractivity contribution is 5.88. The molecule has 4 rings (SSSR count). The molecule has 1 aliphatic rings. The molecule has 0 aliphatic carbocycles. The summed E-state index contributed by atoms with van der Waals surface area (Å²) >= 11 is 0. The number of hydrogen-bond acceptors (Lipinski definition) is 4. The van der Waals surface area contributed by atoms with Gasteiger partial charge >= 0.3 is 5.63 Å². The second-order valence-corrected chi connectivity index (χ2v) is 5.52. The van der Waals surface area contributed by atoms with E-state index in [2.05, 4.69) is 0 Å². The lowest BCUT2D eigenvalue weighted by Crippen LogP contribution is -2.13. The van der Waals surface area contributed by atoms with Crippen molar-refractivity contribution in [3.63, 3.8) is 0 Å². The minimum Gasteiger partial charge on any atom is -0.508 e. The van der Waals surface area contributed by atoms with Gasteiger partial charge in [0.2, 0.25) is 0 Å². The van der Waals surface area contributed by atoms with E-state index >= 15 is 0 Å². The van der Waals surface area contributed by atoms with Crippen LogP contribution in [-0.2, 0) is 6.42 Å². The van der Waals surface area contributed by atoms with Gasteiger partial charge in [-0.05, 0) is 42.7 Å². The summed E-state index contributed by atoms with van der Waals surface area (Å²) in [5.41, 5.74) is 1.54. The third-order valence-electron chi connectivity index (χ3n) is 4.04. The molecule has 0 unspecified atom stereocenters. The third kappa shape index (κ3) is 2.25. The standard InChI is InChI=1S/C18H13FO4/c19-10-3-5-12-13-2-1-7-22-15-9-11(20)4-6-14(15)17(13)18(21)23-16(12)8-10/h3-6,8-9,20H,1-2,7H2. The van der Waals surface area contributed by atoms with Gasteiger partial charge in [-0.1, -0.05) is 0 Å². The molecule has 2 heterocycles. The molecule has 3 aromatic rings. The predicted octanol–water partition coefficient (Wildman–Crippen LogP) is 3.63. The Labute approximate surface area is 130 Å². The molecule has 5 heteroatoms. The van der Waals surface area contributed by atoms with Gasteiger partial charge in [-0.15, -0.1) is 0 Å². The van der Waals surface area contributed by atoms with Gasteiger partial charge < -0.3 is 14.3 Å². The molecule has 1 N–H and O–H groups in total. The fraction of sp³-hybridized carbons (Fsp3) is 0.167. The van der Waals surface area contributed by atoms with Crippen LogP contribution in [0.4, 0.5) is 4.39 Å². The molecule has 0 saturated heterocycles. The van der Waals surface area contributed by atoms with Crippen molar-refractivity contribution >= 4 is 11.0 Å². The third-order valence-corrected chi connectivity index (χ3v) is 4.04. The number of rotatable bonds is 0. The van der Waals surface area contributed by atoms with Crippen molar-refractivity contribution in [2.24, 2.45) is 0 Å². The molecule has 116 valence electrons. The molecule has 0 bridgehead atoms. The molecule has 0 spiro atoms. The van der Waals surface area contributed by atoms with Crippen LogP contribution in [0.3, 0.4) is 0 Å². The topological polar surface area (TPSA) is 59.7 Å². The first kappa shape index (κ1) is 13.8. The summed E-state index contributed by atoms with van der Waals surface area (Å²) in [6, 6.07) is 8.84. The Hall–Kier alpha value is -2.82. The lowest BCUT2D eigenvalue weighted by Gasteiger charge is -2.18. The summed E-state index contributed by atoms with van der Waals surface area (Å²) in [4.78, 5) is 12.5. The van der Waals surface area contributed by atoms with Crippen LogP contribution in [0.25, 0.3) is 22.1 Å². The van der Waals surface area contributed by atoms with Crippen LogP contribution in [0.2, 0.25) is 0 Å². The quantitative estimate of drug-likeness (QED) is 0.644. The molecule has 2 aromatic carbocycles. The molecule has 1 aromatic heterocycles. The number of fused-ring (bicyclic) bond motifs is 5. The molecule has 1 aliphatic heterocycles. The lowest BCUT2D eigenvalue weighted by molar-refractivity contribution is 0.308. The van der Waals surface area contributed by atoms with E-state index in [-0.39, 0.29) is 11.3 Å². The van der Waals surface area contributed by atoms with Gasteiger partial charge in [0.15, 0.2) is 0 Å². The number of halogens is 1. The molecule has 0 amide bonds. The summed E-state index contributed by atoms with van der Waals surface area (Å²) in [6.45, 7) is 0.471. The zero-order valence-corrected chi connectivity index (χ0v) is 12.1. The van der Waals surface area contributed by atoms with Crippen LogP contribution in [0.1, 0.15) is 12.0 Å². The number of phenolic OH excluding ortho intramolecular Hbond substituents is 1. The van der Waals surface area contributed by atoms with Gasteiger partial charge in [-0.25, -0.2) is 9.18 Å². The molecule has 0 radical (unpaired) electrons. The van der Waals surface area contributed by atoms with Crippen LogP contribution in [0.15, 0.2) is 45.6 Å². The van der Waals surface area contributed by atoms with E-state index in [1.54, 1.807) is 12.1 Å². The smallest absolute Gasteiger partial charge is 0.344 e.